The summed E-state index contributed by atoms with van der Waals surface area (Å²) in [7, 11) is 0. The molecule has 2 N–H and O–H groups in total. The van der Waals surface area contributed by atoms with Crippen LogP contribution in [0.2, 0.25) is 0 Å². The minimum Gasteiger partial charge on any atom is -0.466 e. The molecule has 0 fully saturated rings. The van der Waals surface area contributed by atoms with Crippen LogP contribution in [-0.2, 0) is 14.3 Å². The van der Waals surface area contributed by atoms with Crippen molar-refractivity contribution in [2.45, 2.75) is 111 Å². The molecule has 30 heavy (non-hydrogen) atoms. The molecule has 0 aromatic heterocycles. The van der Waals surface area contributed by atoms with Crippen LogP contribution in [0, 0.1) is 5.41 Å². The van der Waals surface area contributed by atoms with Crippen LogP contribution in [0.4, 0.5) is 4.79 Å². The highest BCUT2D eigenvalue weighted by atomic mass is 16.5. The maximum absolute atomic E-state index is 11.7. The number of carbonyl (C=O) groups is 2. The van der Waals surface area contributed by atoms with Crippen LogP contribution in [-0.4, -0.2) is 43.9 Å². The zero-order valence-corrected chi connectivity index (χ0v) is 20.5. The van der Waals surface area contributed by atoms with Gasteiger partial charge in [0.1, 0.15) is 0 Å². The van der Waals surface area contributed by atoms with Crippen molar-refractivity contribution in [1.29, 1.82) is 0 Å². The number of unbranched alkanes of at least 4 members (excludes halogenated alkanes) is 5. The van der Waals surface area contributed by atoms with Gasteiger partial charge in [-0.3, -0.25) is 4.79 Å². The second kappa shape index (κ2) is 16.4. The van der Waals surface area contributed by atoms with Gasteiger partial charge < -0.3 is 20.1 Å². The summed E-state index contributed by atoms with van der Waals surface area (Å²) in [5.74, 6) is -0.0994. The predicted molar refractivity (Wildman–Crippen MR) is 124 cm³/mol. The third-order valence-electron chi connectivity index (χ3n) is 4.62. The van der Waals surface area contributed by atoms with E-state index in [1.54, 1.807) is 0 Å². The fourth-order valence-electron chi connectivity index (χ4n) is 2.88. The lowest BCUT2D eigenvalue weighted by Gasteiger charge is -2.20. The number of nitrogens with one attached hydrogen (secondary N) is 2. The summed E-state index contributed by atoms with van der Waals surface area (Å²) in [5, 5.41) is 6.17. The van der Waals surface area contributed by atoms with E-state index in [4.69, 9.17) is 9.47 Å². The second-order valence-corrected chi connectivity index (χ2v) is 10.3. The molecule has 0 spiro atoms. The van der Waals surface area contributed by atoms with Crippen LogP contribution in [0.3, 0.4) is 0 Å². The van der Waals surface area contributed by atoms with Crippen molar-refractivity contribution in [1.82, 2.24) is 10.6 Å². The number of carbonyl (C=O) groups excluding carboxylic acids is 2. The monoisotopic (exact) mass is 428 g/mol. The predicted octanol–water partition coefficient (Wildman–Crippen LogP) is 5.59. The zero-order chi connectivity index (χ0) is 22.9. The quantitative estimate of drug-likeness (QED) is 0.247. The van der Waals surface area contributed by atoms with Crippen LogP contribution in [0.15, 0.2) is 0 Å². The van der Waals surface area contributed by atoms with Crippen LogP contribution >= 0.6 is 0 Å². The average molecular weight is 429 g/mol. The van der Waals surface area contributed by atoms with Crippen molar-refractivity contribution in [3.63, 3.8) is 0 Å². The topological polar surface area (TPSA) is 76.7 Å². The average Bonchev–Trinajstić information content (AvgIpc) is 2.61. The van der Waals surface area contributed by atoms with E-state index in [0.29, 0.717) is 31.6 Å². The van der Waals surface area contributed by atoms with Crippen LogP contribution in [0.25, 0.3) is 0 Å². The number of hydrogen-bond acceptors (Lipinski definition) is 5. The van der Waals surface area contributed by atoms with E-state index in [9.17, 15) is 9.59 Å². The molecule has 0 saturated heterocycles. The molecule has 0 aromatic rings. The number of alkyl carbamates (subject to hydrolysis) is 1. The van der Waals surface area contributed by atoms with Crippen molar-refractivity contribution in [3.8, 4) is 0 Å². The van der Waals surface area contributed by atoms with Gasteiger partial charge in [0, 0.05) is 18.5 Å². The molecule has 0 saturated carbocycles. The molecule has 0 aliphatic heterocycles. The molecular weight excluding hydrogens is 380 g/mol. The minimum atomic E-state index is -0.314. The number of hydrogen-bond donors (Lipinski definition) is 2. The molecule has 0 bridgehead atoms. The highest BCUT2D eigenvalue weighted by Crippen LogP contribution is 2.21. The Morgan fingerprint density at radius 1 is 0.700 bits per heavy atom. The SMILES string of the molecule is CC(C)(C)CCCCOC(=O)NCCCCCCCC(=O)OCCCNC(C)(C)C. The lowest BCUT2D eigenvalue weighted by Crippen LogP contribution is -2.36. The van der Waals surface area contributed by atoms with E-state index < -0.39 is 0 Å². The molecule has 0 radical (unpaired) electrons. The molecule has 6 heteroatoms. The maximum Gasteiger partial charge on any atom is 0.407 e. The lowest BCUT2D eigenvalue weighted by molar-refractivity contribution is -0.143. The summed E-state index contributed by atoms with van der Waals surface area (Å²) in [5.41, 5.74) is 0.442. The molecule has 0 aromatic carbocycles. The molecule has 0 aliphatic carbocycles. The number of amides is 1. The van der Waals surface area contributed by atoms with Crippen molar-refractivity contribution in [2.75, 3.05) is 26.3 Å². The molecule has 178 valence electrons. The normalized spacial score (nSPS) is 11.9. The molecular formula is C24H48N2O4. The first kappa shape index (κ1) is 28.7. The van der Waals surface area contributed by atoms with E-state index in [1.807, 2.05) is 0 Å². The molecule has 0 rings (SSSR count). The summed E-state index contributed by atoms with van der Waals surface area (Å²) in [6.45, 7) is 15.5. The Bertz CT molecular complexity index is 411. The Hall–Kier alpha value is -1.30. The van der Waals surface area contributed by atoms with Gasteiger partial charge >= 0.3 is 12.1 Å². The summed E-state index contributed by atoms with van der Waals surface area (Å²) in [4.78, 5) is 23.3. The van der Waals surface area contributed by atoms with E-state index in [0.717, 1.165) is 64.3 Å². The number of rotatable bonds is 16. The van der Waals surface area contributed by atoms with Gasteiger partial charge in [0.15, 0.2) is 0 Å². The number of esters is 1. The van der Waals surface area contributed by atoms with Crippen molar-refractivity contribution in [3.05, 3.63) is 0 Å². The third kappa shape index (κ3) is 23.0. The lowest BCUT2D eigenvalue weighted by atomic mass is 9.90. The van der Waals surface area contributed by atoms with Gasteiger partial charge in [0.2, 0.25) is 0 Å². The first-order valence-corrected chi connectivity index (χ1v) is 11.8. The van der Waals surface area contributed by atoms with Crippen molar-refractivity contribution >= 4 is 12.1 Å². The minimum absolute atomic E-state index is 0.0994. The molecule has 1 amide bonds. The third-order valence-corrected chi connectivity index (χ3v) is 4.62. The van der Waals surface area contributed by atoms with Gasteiger partial charge in [-0.15, -0.1) is 0 Å². The maximum atomic E-state index is 11.7. The van der Waals surface area contributed by atoms with E-state index in [1.165, 1.54) is 0 Å². The van der Waals surface area contributed by atoms with Crippen molar-refractivity contribution < 1.29 is 19.1 Å². The van der Waals surface area contributed by atoms with Crippen molar-refractivity contribution in [2.24, 2.45) is 5.41 Å². The Balaban J connectivity index is 3.37. The van der Waals surface area contributed by atoms with Gasteiger partial charge in [-0.05, 0) is 71.3 Å². The highest BCUT2D eigenvalue weighted by Gasteiger charge is 2.10. The summed E-state index contributed by atoms with van der Waals surface area (Å²) >= 11 is 0. The van der Waals surface area contributed by atoms with E-state index in [-0.39, 0.29) is 17.6 Å². The first-order chi connectivity index (χ1) is 14.0. The summed E-state index contributed by atoms with van der Waals surface area (Å²) in [6.07, 6.45) is 9.08. The molecule has 0 heterocycles. The van der Waals surface area contributed by atoms with E-state index >= 15 is 0 Å². The second-order valence-electron chi connectivity index (χ2n) is 10.3. The molecule has 6 nitrogen and oxygen atoms in total. The van der Waals surface area contributed by atoms with Gasteiger partial charge in [0.05, 0.1) is 13.2 Å². The van der Waals surface area contributed by atoms with Gasteiger partial charge in [-0.1, -0.05) is 40.0 Å². The van der Waals surface area contributed by atoms with Crippen LogP contribution in [0.5, 0.6) is 0 Å². The van der Waals surface area contributed by atoms with Gasteiger partial charge in [-0.25, -0.2) is 4.79 Å². The molecule has 0 aliphatic rings. The Morgan fingerprint density at radius 3 is 2.00 bits per heavy atom. The zero-order valence-electron chi connectivity index (χ0n) is 20.5. The highest BCUT2D eigenvalue weighted by molar-refractivity contribution is 5.69. The van der Waals surface area contributed by atoms with Crippen LogP contribution in [0.1, 0.15) is 106 Å². The fraction of sp³-hybridized carbons (Fsp3) is 0.917. The number of ether oxygens (including phenoxy) is 2. The fourth-order valence-corrected chi connectivity index (χ4v) is 2.88. The Labute approximate surface area is 185 Å². The Kier molecular flexibility index (Phi) is 15.7. The van der Waals surface area contributed by atoms with Crippen LogP contribution < -0.4 is 10.6 Å². The molecule has 0 unspecified atom stereocenters. The summed E-state index contributed by atoms with van der Waals surface area (Å²) in [6, 6.07) is 0. The first-order valence-electron chi connectivity index (χ1n) is 11.8. The largest absolute Gasteiger partial charge is 0.466 e. The summed E-state index contributed by atoms with van der Waals surface area (Å²) < 4.78 is 10.4. The van der Waals surface area contributed by atoms with Gasteiger partial charge in [0.25, 0.3) is 0 Å². The smallest absolute Gasteiger partial charge is 0.407 e. The standard InChI is InChI=1S/C24H48N2O4/c1-23(2,3)16-11-13-19-30-22(28)25-17-12-9-7-8-10-15-21(27)29-20-14-18-26-24(4,5)6/h26H,7-20H2,1-6H3,(H,25,28). The van der Waals surface area contributed by atoms with E-state index in [2.05, 4.69) is 52.2 Å². The molecule has 0 atom stereocenters. The van der Waals surface area contributed by atoms with Gasteiger partial charge in [-0.2, -0.15) is 0 Å². The Morgan fingerprint density at radius 2 is 1.33 bits per heavy atom.